The van der Waals surface area contributed by atoms with Crippen LogP contribution in [-0.4, -0.2) is 96.0 Å². The number of ether oxygens (including phenoxy) is 1. The fourth-order valence-corrected chi connectivity index (χ4v) is 7.83. The summed E-state index contributed by atoms with van der Waals surface area (Å²) in [7, 11) is 1.46. The van der Waals surface area contributed by atoms with E-state index in [-0.39, 0.29) is 86.2 Å². The van der Waals surface area contributed by atoms with Crippen LogP contribution >= 0.6 is 0 Å². The summed E-state index contributed by atoms with van der Waals surface area (Å²) in [6.07, 6.45) is -1.81. The van der Waals surface area contributed by atoms with Crippen molar-refractivity contribution < 1.29 is 37.0 Å². The summed E-state index contributed by atoms with van der Waals surface area (Å²) in [6.45, 7) is 2.33. The number of carbonyl (C=O) groups excluding carboxylic acids is 2. The number of alkyl halides is 3. The molecule has 5 aromatic rings. The maximum absolute atomic E-state index is 14.3. The van der Waals surface area contributed by atoms with Gasteiger partial charge in [-0.05, 0) is 43.9 Å². The monoisotopic (exact) mass is 707 g/mol. The summed E-state index contributed by atoms with van der Waals surface area (Å²) in [5.74, 6) is -0.660. The number of pyridine rings is 1. The number of aromatic hydroxyl groups is 1. The minimum absolute atomic E-state index is 0.00441. The van der Waals surface area contributed by atoms with Crippen LogP contribution in [0.3, 0.4) is 0 Å². The van der Waals surface area contributed by atoms with Crippen molar-refractivity contribution in [1.82, 2.24) is 39.3 Å². The summed E-state index contributed by atoms with van der Waals surface area (Å²) in [5.41, 5.74) is -1.30. The molecule has 5 heterocycles. The van der Waals surface area contributed by atoms with E-state index in [0.29, 0.717) is 29.1 Å². The maximum atomic E-state index is 14.3. The Kier molecular flexibility index (Phi) is 7.29. The van der Waals surface area contributed by atoms with Crippen LogP contribution in [0.25, 0.3) is 28.3 Å². The zero-order chi connectivity index (χ0) is 35.9. The van der Waals surface area contributed by atoms with Crippen molar-refractivity contribution in [2.45, 2.75) is 50.9 Å². The van der Waals surface area contributed by atoms with Gasteiger partial charge in [-0.25, -0.2) is 9.97 Å². The number of aromatic nitrogens is 6. The number of fused-ring (bicyclic) bond motifs is 2. The Labute approximate surface area is 286 Å². The highest BCUT2D eigenvalue weighted by Gasteiger charge is 2.79. The largest absolute Gasteiger partial charge is 0.507 e. The van der Waals surface area contributed by atoms with Crippen molar-refractivity contribution >= 4 is 34.4 Å². The standard InChI is InChI=1S/C33H32F3N9O6/c1-3-20-25(42-8-10-43(11-9-42)28(48)24-21(46)5-4-19-26(24)51-17-38-19)29(49)45-30(39-27(41-45)18-6-7-37-23(12-18)50-2)44(20)13-22(47)40-32-14-31(15-32,16-32)33(34,35)36/h4-7,12,17,46H,3,8-11,13-16H2,1-2H3,(H,40,47). The number of carbonyl (C=O) groups is 2. The molecule has 4 aliphatic rings. The number of phenolic OH excluding ortho intramolecular Hbond substituents is 1. The van der Waals surface area contributed by atoms with E-state index in [2.05, 4.69) is 25.4 Å². The first kappa shape index (κ1) is 32.5. The van der Waals surface area contributed by atoms with Gasteiger partial charge in [0.1, 0.15) is 29.1 Å². The van der Waals surface area contributed by atoms with E-state index in [1.54, 1.807) is 27.7 Å². The smallest absolute Gasteiger partial charge is 0.394 e. The number of hydrogen-bond acceptors (Lipinski definition) is 11. The first-order chi connectivity index (χ1) is 24.4. The average molecular weight is 708 g/mol. The van der Waals surface area contributed by atoms with E-state index in [0.717, 1.165) is 4.52 Å². The van der Waals surface area contributed by atoms with Crippen molar-refractivity contribution in [3.63, 3.8) is 0 Å². The van der Waals surface area contributed by atoms with E-state index < -0.39 is 34.5 Å². The third-order valence-corrected chi connectivity index (χ3v) is 10.3. The lowest BCUT2D eigenvalue weighted by atomic mass is 9.39. The van der Waals surface area contributed by atoms with Gasteiger partial charge in [-0.15, -0.1) is 5.10 Å². The van der Waals surface area contributed by atoms with Gasteiger partial charge in [-0.3, -0.25) is 14.4 Å². The van der Waals surface area contributed by atoms with Crippen LogP contribution in [0.5, 0.6) is 11.6 Å². The van der Waals surface area contributed by atoms with Crippen LogP contribution in [0.4, 0.5) is 18.9 Å². The second-order valence-electron chi connectivity index (χ2n) is 13.4. The number of hydrogen-bond donors (Lipinski definition) is 2. The van der Waals surface area contributed by atoms with Gasteiger partial charge < -0.3 is 33.9 Å². The molecule has 4 aromatic heterocycles. The third kappa shape index (κ3) is 5.05. The number of benzene rings is 1. The fourth-order valence-electron chi connectivity index (χ4n) is 7.83. The van der Waals surface area contributed by atoms with Gasteiger partial charge >= 0.3 is 6.18 Å². The van der Waals surface area contributed by atoms with Crippen LogP contribution in [0.15, 0.2) is 46.1 Å². The maximum Gasteiger partial charge on any atom is 0.394 e. The lowest BCUT2D eigenvalue weighted by Crippen LogP contribution is -2.78. The Balaban J connectivity index is 1.13. The average Bonchev–Trinajstić information content (AvgIpc) is 3.74. The minimum Gasteiger partial charge on any atom is -0.507 e. The number of phenols is 1. The lowest BCUT2D eigenvalue weighted by Gasteiger charge is -2.70. The molecular weight excluding hydrogens is 675 g/mol. The molecule has 9 rings (SSSR count). The van der Waals surface area contributed by atoms with Crippen molar-refractivity contribution in [3.05, 3.63) is 58.5 Å². The van der Waals surface area contributed by atoms with Gasteiger partial charge in [0.25, 0.3) is 11.5 Å². The van der Waals surface area contributed by atoms with Gasteiger partial charge in [0.2, 0.25) is 17.6 Å². The summed E-state index contributed by atoms with van der Waals surface area (Å²) in [4.78, 5) is 57.5. The lowest BCUT2D eigenvalue weighted by molar-refractivity contribution is -0.337. The van der Waals surface area contributed by atoms with Crippen LogP contribution in [0, 0.1) is 5.41 Å². The Morgan fingerprint density at radius 3 is 2.53 bits per heavy atom. The Bertz CT molecular complexity index is 2270. The molecule has 266 valence electrons. The van der Waals surface area contributed by atoms with Crippen molar-refractivity contribution in [2.75, 3.05) is 38.2 Å². The number of amides is 2. The quantitative estimate of drug-likeness (QED) is 0.243. The number of halogens is 3. The topological polar surface area (TPSA) is 173 Å². The van der Waals surface area contributed by atoms with E-state index in [9.17, 15) is 32.7 Å². The molecule has 3 aliphatic carbocycles. The number of nitrogens with zero attached hydrogens (tertiary/aromatic N) is 8. The first-order valence-electron chi connectivity index (χ1n) is 16.4. The Morgan fingerprint density at radius 1 is 1.10 bits per heavy atom. The molecular formula is C33H32F3N9O6. The van der Waals surface area contributed by atoms with Gasteiger partial charge in [0, 0.05) is 49.5 Å². The van der Waals surface area contributed by atoms with E-state index >= 15 is 0 Å². The molecule has 2 amide bonds. The van der Waals surface area contributed by atoms with E-state index in [1.165, 1.54) is 25.8 Å². The number of nitrogens with one attached hydrogen (secondary N) is 1. The third-order valence-electron chi connectivity index (χ3n) is 10.3. The molecule has 1 aromatic carbocycles. The highest BCUT2D eigenvalue weighted by atomic mass is 19.4. The van der Waals surface area contributed by atoms with E-state index in [1.807, 2.05) is 11.8 Å². The molecule has 0 spiro atoms. The molecule has 4 fully saturated rings. The summed E-state index contributed by atoms with van der Waals surface area (Å²) in [6, 6.07) is 6.18. The van der Waals surface area contributed by atoms with E-state index in [4.69, 9.17) is 9.15 Å². The predicted molar refractivity (Wildman–Crippen MR) is 173 cm³/mol. The van der Waals surface area contributed by atoms with Crippen molar-refractivity contribution in [2.24, 2.45) is 5.41 Å². The van der Waals surface area contributed by atoms with Gasteiger partial charge in [-0.2, -0.15) is 22.7 Å². The second kappa shape index (κ2) is 11.4. The molecule has 51 heavy (non-hydrogen) atoms. The number of anilines is 1. The summed E-state index contributed by atoms with van der Waals surface area (Å²) < 4.78 is 53.8. The highest BCUT2D eigenvalue weighted by Crippen LogP contribution is 2.73. The van der Waals surface area contributed by atoms with Crippen molar-refractivity contribution in [3.8, 4) is 23.0 Å². The van der Waals surface area contributed by atoms with Crippen LogP contribution < -0.4 is 20.5 Å². The highest BCUT2D eigenvalue weighted by molar-refractivity contribution is 6.06. The molecule has 2 bridgehead atoms. The van der Waals surface area contributed by atoms with Gasteiger partial charge in [0.05, 0.1) is 18.2 Å². The number of methoxy groups -OCH3 is 1. The Morgan fingerprint density at radius 2 is 1.84 bits per heavy atom. The van der Waals surface area contributed by atoms with Gasteiger partial charge in [0.15, 0.2) is 17.8 Å². The molecule has 1 saturated heterocycles. The molecule has 15 nitrogen and oxygen atoms in total. The number of piperazine rings is 1. The minimum atomic E-state index is -4.32. The molecule has 0 unspecified atom stereocenters. The zero-order valence-electron chi connectivity index (χ0n) is 27.5. The van der Waals surface area contributed by atoms with Gasteiger partial charge in [-0.1, -0.05) is 6.92 Å². The predicted octanol–water partition coefficient (Wildman–Crippen LogP) is 2.93. The normalized spacial score (nSPS) is 21.4. The molecule has 18 heteroatoms. The molecule has 2 N–H and O–H groups in total. The number of oxazole rings is 1. The number of rotatable bonds is 8. The first-order valence-corrected chi connectivity index (χ1v) is 16.4. The van der Waals surface area contributed by atoms with Crippen LogP contribution in [0.1, 0.15) is 42.2 Å². The summed E-state index contributed by atoms with van der Waals surface area (Å²) >= 11 is 0. The molecule has 0 radical (unpaired) electrons. The molecule has 1 aliphatic heterocycles. The fraction of sp³-hybridized carbons (Fsp3) is 0.424. The zero-order valence-corrected chi connectivity index (χ0v) is 27.5. The van der Waals surface area contributed by atoms with Crippen LogP contribution in [-0.2, 0) is 17.8 Å². The molecule has 3 saturated carbocycles. The second-order valence-corrected chi connectivity index (χ2v) is 13.4. The van der Waals surface area contributed by atoms with Crippen LogP contribution in [0.2, 0.25) is 0 Å². The van der Waals surface area contributed by atoms with Crippen molar-refractivity contribution in [1.29, 1.82) is 0 Å². The SMILES string of the molecule is CCc1c(N2CCN(C(=O)c3c(O)ccc4ncoc34)CC2)c(=O)n2nc(-c3ccnc(OC)c3)nc2n1CC(=O)NC12CC(C(F)(F)F)(C1)C2. The Hall–Kier alpha value is -5.68. The molecule has 0 atom stereocenters. The summed E-state index contributed by atoms with van der Waals surface area (Å²) in [5, 5.41) is 17.9.